The van der Waals surface area contributed by atoms with E-state index in [1.54, 1.807) is 0 Å². The maximum absolute atomic E-state index is 7.17. The van der Waals surface area contributed by atoms with Gasteiger partial charge in [0.1, 0.15) is 0 Å². The van der Waals surface area contributed by atoms with Crippen molar-refractivity contribution in [2.45, 2.75) is 77.6 Å². The van der Waals surface area contributed by atoms with Gasteiger partial charge in [0.2, 0.25) is 0 Å². The third kappa shape index (κ3) is 17.6. The molecule has 1 aromatic rings. The SMILES string of the molecule is CCCCCCCCCCCCc1ccsc1.OB(O)O. The second-order valence-electron chi connectivity index (χ2n) is 5.41. The molecular weight excluding hydrogens is 283 g/mol. The Morgan fingerprint density at radius 2 is 1.33 bits per heavy atom. The van der Waals surface area contributed by atoms with E-state index in [1.165, 1.54) is 76.2 Å². The highest BCUT2D eigenvalue weighted by Gasteiger charge is 1.95. The van der Waals surface area contributed by atoms with Crippen LogP contribution in [0, 0.1) is 0 Å². The second kappa shape index (κ2) is 16.0. The molecule has 0 aliphatic rings. The van der Waals surface area contributed by atoms with Gasteiger partial charge in [0.15, 0.2) is 0 Å². The van der Waals surface area contributed by atoms with Crippen LogP contribution < -0.4 is 0 Å². The zero-order chi connectivity index (χ0) is 15.8. The molecule has 0 atom stereocenters. The fourth-order valence-electron chi connectivity index (χ4n) is 2.25. The van der Waals surface area contributed by atoms with E-state index in [2.05, 4.69) is 23.8 Å². The summed E-state index contributed by atoms with van der Waals surface area (Å²) in [5, 5.41) is 26.0. The Labute approximate surface area is 134 Å². The van der Waals surface area contributed by atoms with Crippen LogP contribution in [0.5, 0.6) is 0 Å². The van der Waals surface area contributed by atoms with Gasteiger partial charge >= 0.3 is 7.32 Å². The first-order chi connectivity index (χ1) is 10.2. The first-order valence-electron chi connectivity index (χ1n) is 8.22. The fourth-order valence-corrected chi connectivity index (χ4v) is 2.95. The summed E-state index contributed by atoms with van der Waals surface area (Å²) in [6.07, 6.45) is 15.6. The van der Waals surface area contributed by atoms with Gasteiger partial charge in [-0.1, -0.05) is 64.7 Å². The first-order valence-corrected chi connectivity index (χ1v) is 9.16. The molecule has 5 heteroatoms. The van der Waals surface area contributed by atoms with Crippen molar-refractivity contribution in [1.82, 2.24) is 0 Å². The van der Waals surface area contributed by atoms with Crippen molar-refractivity contribution < 1.29 is 15.1 Å². The molecule has 1 rings (SSSR count). The third-order valence-corrected chi connectivity index (χ3v) is 4.13. The van der Waals surface area contributed by atoms with Gasteiger partial charge in [-0.15, -0.1) is 0 Å². The van der Waals surface area contributed by atoms with Gasteiger partial charge < -0.3 is 15.1 Å². The molecule has 0 spiro atoms. The van der Waals surface area contributed by atoms with Gasteiger partial charge in [0, 0.05) is 0 Å². The fraction of sp³-hybridized carbons (Fsp3) is 0.750. The zero-order valence-corrected chi connectivity index (χ0v) is 14.2. The normalized spacial score (nSPS) is 10.1. The molecule has 0 aliphatic carbocycles. The number of hydrogen-bond donors (Lipinski definition) is 3. The van der Waals surface area contributed by atoms with E-state index in [0.717, 1.165) is 0 Å². The van der Waals surface area contributed by atoms with E-state index >= 15 is 0 Å². The summed E-state index contributed by atoms with van der Waals surface area (Å²) < 4.78 is 0. The minimum absolute atomic E-state index is 1.29. The largest absolute Gasteiger partial charge is 0.631 e. The molecule has 0 fully saturated rings. The molecule has 3 N–H and O–H groups in total. The average molecular weight is 314 g/mol. The number of hydrogen-bond acceptors (Lipinski definition) is 4. The quantitative estimate of drug-likeness (QED) is 0.424. The van der Waals surface area contributed by atoms with Gasteiger partial charge in [0.05, 0.1) is 0 Å². The van der Waals surface area contributed by atoms with Gasteiger partial charge in [0.25, 0.3) is 0 Å². The molecule has 3 nitrogen and oxygen atoms in total. The smallest absolute Gasteiger partial charge is 0.402 e. The van der Waals surface area contributed by atoms with Crippen molar-refractivity contribution in [2.24, 2.45) is 0 Å². The molecule has 0 bridgehead atoms. The maximum atomic E-state index is 7.17. The van der Waals surface area contributed by atoms with Crippen LogP contribution in [-0.2, 0) is 6.42 Å². The Balaban J connectivity index is 0.000000885. The summed E-state index contributed by atoms with van der Waals surface area (Å²) in [6.45, 7) is 2.29. The highest BCUT2D eigenvalue weighted by Crippen LogP contribution is 2.13. The number of unbranched alkanes of at least 4 members (excludes halogenated alkanes) is 9. The van der Waals surface area contributed by atoms with E-state index in [4.69, 9.17) is 15.1 Å². The van der Waals surface area contributed by atoms with Crippen LogP contribution in [-0.4, -0.2) is 22.4 Å². The van der Waals surface area contributed by atoms with Crippen LogP contribution >= 0.6 is 11.3 Å². The van der Waals surface area contributed by atoms with Crippen LogP contribution in [0.15, 0.2) is 16.8 Å². The summed E-state index contributed by atoms with van der Waals surface area (Å²) in [5.41, 5.74) is 1.54. The van der Waals surface area contributed by atoms with Crippen LogP contribution in [0.3, 0.4) is 0 Å². The molecule has 0 saturated carbocycles. The van der Waals surface area contributed by atoms with E-state index in [0.29, 0.717) is 0 Å². The highest BCUT2D eigenvalue weighted by atomic mass is 32.1. The monoisotopic (exact) mass is 314 g/mol. The van der Waals surface area contributed by atoms with Crippen molar-refractivity contribution in [3.05, 3.63) is 22.4 Å². The van der Waals surface area contributed by atoms with Crippen LogP contribution in [0.25, 0.3) is 0 Å². The zero-order valence-electron chi connectivity index (χ0n) is 13.3. The third-order valence-electron chi connectivity index (χ3n) is 3.40. The molecular formula is C16H31BO3S. The predicted octanol–water partition coefficient (Wildman–Crippen LogP) is 4.16. The molecule has 0 aliphatic heterocycles. The Hall–Kier alpha value is -0.355. The molecule has 122 valence electrons. The van der Waals surface area contributed by atoms with Crippen molar-refractivity contribution in [3.63, 3.8) is 0 Å². The van der Waals surface area contributed by atoms with Gasteiger partial charge in [-0.05, 0) is 35.2 Å². The maximum Gasteiger partial charge on any atom is 0.631 e. The lowest BCUT2D eigenvalue weighted by atomic mass is 10.0. The number of aryl methyl sites for hydroxylation is 1. The predicted molar refractivity (Wildman–Crippen MR) is 92.3 cm³/mol. The lowest BCUT2D eigenvalue weighted by Gasteiger charge is -2.01. The Morgan fingerprint density at radius 3 is 1.76 bits per heavy atom. The van der Waals surface area contributed by atoms with Crippen LogP contribution in [0.4, 0.5) is 0 Å². The lowest BCUT2D eigenvalue weighted by Crippen LogP contribution is -2.07. The van der Waals surface area contributed by atoms with Crippen molar-refractivity contribution in [3.8, 4) is 0 Å². The minimum Gasteiger partial charge on any atom is -0.402 e. The van der Waals surface area contributed by atoms with E-state index in [1.807, 2.05) is 11.3 Å². The van der Waals surface area contributed by atoms with E-state index < -0.39 is 7.32 Å². The van der Waals surface area contributed by atoms with Crippen molar-refractivity contribution >= 4 is 18.7 Å². The number of rotatable bonds is 11. The molecule has 21 heavy (non-hydrogen) atoms. The molecule has 0 unspecified atom stereocenters. The Morgan fingerprint density at radius 1 is 0.857 bits per heavy atom. The highest BCUT2D eigenvalue weighted by molar-refractivity contribution is 7.07. The standard InChI is InChI=1S/C16H28S.BH3O3/c1-2-3-4-5-6-7-8-9-10-11-12-16-13-14-17-15-16;2-1(3)4/h13-15H,2-12H2,1H3;2-4H. The van der Waals surface area contributed by atoms with Crippen molar-refractivity contribution in [1.29, 1.82) is 0 Å². The summed E-state index contributed by atoms with van der Waals surface area (Å²) >= 11 is 1.82. The molecule has 1 aromatic heterocycles. The molecule has 0 aromatic carbocycles. The summed E-state index contributed by atoms with van der Waals surface area (Å²) in [6, 6.07) is 2.26. The topological polar surface area (TPSA) is 60.7 Å². The summed E-state index contributed by atoms with van der Waals surface area (Å²) in [5.74, 6) is 0. The van der Waals surface area contributed by atoms with Gasteiger partial charge in [-0.3, -0.25) is 0 Å². The Kier molecular flexibility index (Phi) is 15.8. The van der Waals surface area contributed by atoms with Gasteiger partial charge in [-0.25, -0.2) is 0 Å². The van der Waals surface area contributed by atoms with E-state index in [-0.39, 0.29) is 0 Å². The molecule has 0 saturated heterocycles. The summed E-state index contributed by atoms with van der Waals surface area (Å²) in [7, 11) is -2.17. The Bertz CT molecular complexity index is 289. The number of thiophene rings is 1. The van der Waals surface area contributed by atoms with Crippen molar-refractivity contribution in [2.75, 3.05) is 0 Å². The summed E-state index contributed by atoms with van der Waals surface area (Å²) in [4.78, 5) is 0. The van der Waals surface area contributed by atoms with Crippen LogP contribution in [0.2, 0.25) is 0 Å². The first kappa shape index (κ1) is 20.6. The molecule has 1 heterocycles. The molecule has 0 amide bonds. The van der Waals surface area contributed by atoms with Gasteiger partial charge in [-0.2, -0.15) is 11.3 Å². The second-order valence-corrected chi connectivity index (χ2v) is 6.19. The van der Waals surface area contributed by atoms with E-state index in [9.17, 15) is 0 Å². The average Bonchev–Trinajstić information content (AvgIpc) is 2.93. The lowest BCUT2D eigenvalue weighted by molar-refractivity contribution is 0.278. The molecule has 0 radical (unpaired) electrons. The van der Waals surface area contributed by atoms with Crippen LogP contribution in [0.1, 0.15) is 76.7 Å². The minimum atomic E-state index is -2.17.